The Labute approximate surface area is 125 Å². The summed E-state index contributed by atoms with van der Waals surface area (Å²) >= 11 is 0. The first kappa shape index (κ1) is 15.6. The van der Waals surface area contributed by atoms with E-state index in [4.69, 9.17) is 14.2 Å². The third kappa shape index (κ3) is 4.36. The van der Waals surface area contributed by atoms with Crippen molar-refractivity contribution in [3.8, 4) is 11.5 Å². The van der Waals surface area contributed by atoms with Crippen LogP contribution >= 0.6 is 0 Å². The van der Waals surface area contributed by atoms with Crippen molar-refractivity contribution in [2.24, 2.45) is 5.92 Å². The van der Waals surface area contributed by atoms with Crippen molar-refractivity contribution in [3.05, 3.63) is 23.8 Å². The molecule has 5 heteroatoms. The number of cyclic esters (lactones) is 1. The Morgan fingerprint density at radius 1 is 1.43 bits per heavy atom. The fourth-order valence-corrected chi connectivity index (χ4v) is 2.15. The number of benzene rings is 1. The number of nitrogens with one attached hydrogen (secondary N) is 1. The molecule has 0 aromatic heterocycles. The monoisotopic (exact) mass is 293 g/mol. The molecule has 1 heterocycles. The number of rotatable bonds is 7. The Morgan fingerprint density at radius 3 is 2.86 bits per heavy atom. The number of hydrogen-bond donors (Lipinski definition) is 1. The van der Waals surface area contributed by atoms with Crippen molar-refractivity contribution in [3.63, 3.8) is 0 Å². The third-order valence-electron chi connectivity index (χ3n) is 3.30. The van der Waals surface area contributed by atoms with Gasteiger partial charge in [-0.3, -0.25) is 0 Å². The SMILES string of the molecule is COc1ccc(CNCC(C)C)c(OC2CCOC2=O)c1. The Balaban J connectivity index is 2.09. The van der Waals surface area contributed by atoms with Crippen LogP contribution in [0.15, 0.2) is 18.2 Å². The van der Waals surface area contributed by atoms with Gasteiger partial charge in [0.25, 0.3) is 0 Å². The highest BCUT2D eigenvalue weighted by Gasteiger charge is 2.29. The lowest BCUT2D eigenvalue weighted by atomic mass is 10.1. The number of esters is 1. The van der Waals surface area contributed by atoms with Gasteiger partial charge in [-0.1, -0.05) is 19.9 Å². The minimum Gasteiger partial charge on any atom is -0.497 e. The molecule has 1 fully saturated rings. The molecule has 1 aromatic rings. The number of ether oxygens (including phenoxy) is 3. The van der Waals surface area contributed by atoms with Gasteiger partial charge in [0.05, 0.1) is 13.7 Å². The summed E-state index contributed by atoms with van der Waals surface area (Å²) in [4.78, 5) is 11.6. The summed E-state index contributed by atoms with van der Waals surface area (Å²) in [5.74, 6) is 1.68. The van der Waals surface area contributed by atoms with Gasteiger partial charge in [0, 0.05) is 24.6 Å². The van der Waals surface area contributed by atoms with Crippen molar-refractivity contribution in [2.75, 3.05) is 20.3 Å². The van der Waals surface area contributed by atoms with E-state index >= 15 is 0 Å². The minimum absolute atomic E-state index is 0.293. The first-order valence-corrected chi connectivity index (χ1v) is 7.31. The number of methoxy groups -OCH3 is 1. The molecule has 2 rings (SSSR count). The molecule has 116 valence electrons. The van der Waals surface area contributed by atoms with Gasteiger partial charge in [0.15, 0.2) is 6.10 Å². The zero-order chi connectivity index (χ0) is 15.2. The molecule has 1 aromatic carbocycles. The van der Waals surface area contributed by atoms with E-state index in [2.05, 4.69) is 19.2 Å². The molecule has 0 radical (unpaired) electrons. The molecular weight excluding hydrogens is 270 g/mol. The molecule has 21 heavy (non-hydrogen) atoms. The van der Waals surface area contributed by atoms with Gasteiger partial charge in [-0.2, -0.15) is 0 Å². The maximum absolute atomic E-state index is 11.6. The van der Waals surface area contributed by atoms with Crippen LogP contribution in [-0.2, 0) is 16.1 Å². The summed E-state index contributed by atoms with van der Waals surface area (Å²) in [5, 5.41) is 3.38. The molecule has 0 bridgehead atoms. The molecular formula is C16H23NO4. The summed E-state index contributed by atoms with van der Waals surface area (Å²) < 4.78 is 16.0. The molecule has 0 aliphatic carbocycles. The number of carbonyl (C=O) groups is 1. The Bertz CT molecular complexity index is 487. The normalized spacial score (nSPS) is 17.9. The number of hydrogen-bond acceptors (Lipinski definition) is 5. The van der Waals surface area contributed by atoms with Gasteiger partial charge in [0.2, 0.25) is 0 Å². The first-order chi connectivity index (χ1) is 10.1. The van der Waals surface area contributed by atoms with Crippen LogP contribution in [0.25, 0.3) is 0 Å². The van der Waals surface area contributed by atoms with Gasteiger partial charge in [-0.05, 0) is 18.5 Å². The van der Waals surface area contributed by atoms with Crippen LogP contribution in [0.1, 0.15) is 25.8 Å². The molecule has 5 nitrogen and oxygen atoms in total. The summed E-state index contributed by atoms with van der Waals surface area (Å²) in [5.41, 5.74) is 1.01. The van der Waals surface area contributed by atoms with Gasteiger partial charge in [-0.25, -0.2) is 4.79 Å². The minimum atomic E-state index is -0.513. The summed E-state index contributed by atoms with van der Waals surface area (Å²) in [6, 6.07) is 5.67. The average molecular weight is 293 g/mol. The van der Waals surface area contributed by atoms with Gasteiger partial charge >= 0.3 is 5.97 Å². The highest BCUT2D eigenvalue weighted by molar-refractivity contribution is 5.76. The van der Waals surface area contributed by atoms with E-state index in [-0.39, 0.29) is 5.97 Å². The predicted molar refractivity (Wildman–Crippen MR) is 79.5 cm³/mol. The summed E-state index contributed by atoms with van der Waals surface area (Å²) in [6.07, 6.45) is 0.0792. The van der Waals surface area contributed by atoms with Crippen molar-refractivity contribution in [1.29, 1.82) is 0 Å². The lowest BCUT2D eigenvalue weighted by molar-refractivity contribution is -0.143. The second-order valence-corrected chi connectivity index (χ2v) is 5.56. The summed E-state index contributed by atoms with van der Waals surface area (Å²) in [7, 11) is 1.61. The van der Waals surface area contributed by atoms with Crippen molar-refractivity contribution >= 4 is 5.97 Å². The van der Waals surface area contributed by atoms with Crippen LogP contribution in [0.3, 0.4) is 0 Å². The van der Waals surface area contributed by atoms with E-state index in [0.29, 0.717) is 37.0 Å². The third-order valence-corrected chi connectivity index (χ3v) is 3.30. The number of carbonyl (C=O) groups excluding carboxylic acids is 1. The Hall–Kier alpha value is -1.75. The van der Waals surface area contributed by atoms with E-state index in [0.717, 1.165) is 12.1 Å². The fraction of sp³-hybridized carbons (Fsp3) is 0.562. The Morgan fingerprint density at radius 2 is 2.24 bits per heavy atom. The quantitative estimate of drug-likeness (QED) is 0.781. The predicted octanol–water partition coefficient (Wildman–Crippen LogP) is 2.14. The molecule has 1 N–H and O–H groups in total. The van der Waals surface area contributed by atoms with E-state index in [9.17, 15) is 4.79 Å². The molecule has 1 unspecified atom stereocenters. The largest absolute Gasteiger partial charge is 0.497 e. The van der Waals surface area contributed by atoms with E-state index < -0.39 is 6.10 Å². The standard InChI is InChI=1S/C16H23NO4/c1-11(2)9-17-10-12-4-5-13(19-3)8-15(12)21-14-6-7-20-16(14)18/h4-5,8,11,14,17H,6-7,9-10H2,1-3H3. The molecule has 0 amide bonds. The molecule has 1 saturated heterocycles. The molecule has 1 atom stereocenters. The first-order valence-electron chi connectivity index (χ1n) is 7.31. The Kier molecular flexibility index (Phi) is 5.44. The van der Waals surface area contributed by atoms with Crippen LogP contribution in [-0.4, -0.2) is 32.3 Å². The second-order valence-electron chi connectivity index (χ2n) is 5.56. The zero-order valence-corrected chi connectivity index (χ0v) is 12.8. The lowest BCUT2D eigenvalue weighted by Crippen LogP contribution is -2.24. The van der Waals surface area contributed by atoms with E-state index in [1.807, 2.05) is 18.2 Å². The van der Waals surface area contributed by atoms with Crippen LogP contribution in [0.4, 0.5) is 0 Å². The average Bonchev–Trinajstić information content (AvgIpc) is 2.85. The van der Waals surface area contributed by atoms with Crippen LogP contribution in [0.2, 0.25) is 0 Å². The maximum atomic E-state index is 11.6. The summed E-state index contributed by atoms with van der Waals surface area (Å²) in [6.45, 7) is 6.37. The second kappa shape index (κ2) is 7.31. The molecule has 1 aliphatic heterocycles. The van der Waals surface area contributed by atoms with Crippen molar-refractivity contribution in [2.45, 2.75) is 32.9 Å². The zero-order valence-electron chi connectivity index (χ0n) is 12.8. The van der Waals surface area contributed by atoms with Crippen molar-refractivity contribution in [1.82, 2.24) is 5.32 Å². The fourth-order valence-electron chi connectivity index (χ4n) is 2.15. The molecule has 0 saturated carbocycles. The van der Waals surface area contributed by atoms with Crippen LogP contribution in [0, 0.1) is 5.92 Å². The smallest absolute Gasteiger partial charge is 0.347 e. The van der Waals surface area contributed by atoms with Crippen molar-refractivity contribution < 1.29 is 19.0 Å². The van der Waals surface area contributed by atoms with Gasteiger partial charge < -0.3 is 19.5 Å². The van der Waals surface area contributed by atoms with E-state index in [1.165, 1.54) is 0 Å². The highest BCUT2D eigenvalue weighted by Crippen LogP contribution is 2.27. The highest BCUT2D eigenvalue weighted by atomic mass is 16.6. The van der Waals surface area contributed by atoms with Gasteiger partial charge in [0.1, 0.15) is 11.5 Å². The molecule has 0 spiro atoms. The lowest BCUT2D eigenvalue weighted by Gasteiger charge is -2.16. The topological polar surface area (TPSA) is 56.8 Å². The molecule has 1 aliphatic rings. The van der Waals surface area contributed by atoms with Crippen LogP contribution in [0.5, 0.6) is 11.5 Å². The van der Waals surface area contributed by atoms with Crippen LogP contribution < -0.4 is 14.8 Å². The maximum Gasteiger partial charge on any atom is 0.347 e. The van der Waals surface area contributed by atoms with Gasteiger partial charge in [-0.15, -0.1) is 0 Å². The van der Waals surface area contributed by atoms with E-state index in [1.54, 1.807) is 7.11 Å².